The molecule has 0 aromatic carbocycles. The fourth-order valence-corrected chi connectivity index (χ4v) is 1.86. The van der Waals surface area contributed by atoms with Gasteiger partial charge in [0, 0.05) is 0 Å². The minimum absolute atomic E-state index is 0.0504. The summed E-state index contributed by atoms with van der Waals surface area (Å²) in [6.07, 6.45) is 2.20. The molecule has 2 unspecified atom stereocenters. The van der Waals surface area contributed by atoms with Gasteiger partial charge >= 0.3 is 0 Å². The van der Waals surface area contributed by atoms with Crippen molar-refractivity contribution in [2.75, 3.05) is 0 Å². The molecule has 0 rings (SSSR count). The highest BCUT2D eigenvalue weighted by Gasteiger charge is 2.44. The molecule has 0 aliphatic heterocycles. The van der Waals surface area contributed by atoms with Gasteiger partial charge in [-0.1, -0.05) is 34.6 Å². The Labute approximate surface area is 87.7 Å². The highest BCUT2D eigenvalue weighted by Crippen LogP contribution is 2.41. The van der Waals surface area contributed by atoms with Gasteiger partial charge in [0.1, 0.15) is 6.29 Å². The van der Waals surface area contributed by atoms with E-state index in [1.807, 2.05) is 13.8 Å². The molecule has 0 aliphatic rings. The number of rotatable bonds is 4. The van der Waals surface area contributed by atoms with Gasteiger partial charge in [-0.05, 0) is 25.2 Å². The Balaban J connectivity index is 4.90. The van der Waals surface area contributed by atoms with Crippen LogP contribution in [-0.4, -0.2) is 17.0 Å². The molecule has 0 radical (unpaired) electrons. The van der Waals surface area contributed by atoms with Crippen LogP contribution in [0.5, 0.6) is 0 Å². The van der Waals surface area contributed by atoms with Crippen LogP contribution in [0.15, 0.2) is 0 Å². The molecular weight excluding hydrogens is 176 g/mol. The van der Waals surface area contributed by atoms with Crippen LogP contribution in [0.2, 0.25) is 0 Å². The Morgan fingerprint density at radius 1 is 1.14 bits per heavy atom. The number of hydrogen-bond donors (Lipinski definition) is 1. The fraction of sp³-hybridized carbons (Fsp3) is 0.917. The van der Waals surface area contributed by atoms with Crippen molar-refractivity contribution >= 4 is 6.29 Å². The molecular formula is C12H24O2. The van der Waals surface area contributed by atoms with Crippen molar-refractivity contribution in [3.05, 3.63) is 0 Å². The zero-order valence-corrected chi connectivity index (χ0v) is 10.3. The van der Waals surface area contributed by atoms with Crippen molar-refractivity contribution in [1.29, 1.82) is 0 Å². The van der Waals surface area contributed by atoms with Crippen LogP contribution in [0.25, 0.3) is 0 Å². The largest absolute Gasteiger partial charge is 0.389 e. The van der Waals surface area contributed by atoms with Gasteiger partial charge in [0.25, 0.3) is 0 Å². The second kappa shape index (κ2) is 4.01. The maximum atomic E-state index is 11.2. The molecule has 1 N–H and O–H groups in total. The number of aldehydes is 1. The minimum Gasteiger partial charge on any atom is -0.389 e. The minimum atomic E-state index is -0.915. The van der Waals surface area contributed by atoms with E-state index in [9.17, 15) is 9.90 Å². The SMILES string of the molecule is CCC(C)(O)C(C)(C=O)CC(C)(C)C. The summed E-state index contributed by atoms with van der Waals surface area (Å²) in [5, 5.41) is 10.2. The molecule has 0 fully saturated rings. The molecule has 14 heavy (non-hydrogen) atoms. The normalized spacial score (nSPS) is 21.1. The van der Waals surface area contributed by atoms with Gasteiger partial charge in [-0.25, -0.2) is 0 Å². The molecule has 0 spiro atoms. The van der Waals surface area contributed by atoms with Gasteiger partial charge in [-0.2, -0.15) is 0 Å². The van der Waals surface area contributed by atoms with Crippen LogP contribution >= 0.6 is 0 Å². The van der Waals surface area contributed by atoms with E-state index in [0.717, 1.165) is 6.29 Å². The second-order valence-corrected chi connectivity index (χ2v) is 5.90. The van der Waals surface area contributed by atoms with E-state index in [1.54, 1.807) is 6.92 Å². The molecule has 0 saturated carbocycles. The average Bonchev–Trinajstić information content (AvgIpc) is 2.01. The second-order valence-electron chi connectivity index (χ2n) is 5.90. The van der Waals surface area contributed by atoms with E-state index in [0.29, 0.717) is 12.8 Å². The van der Waals surface area contributed by atoms with Gasteiger partial charge in [-0.3, -0.25) is 0 Å². The van der Waals surface area contributed by atoms with Crippen LogP contribution in [0.4, 0.5) is 0 Å². The maximum Gasteiger partial charge on any atom is 0.128 e. The summed E-state index contributed by atoms with van der Waals surface area (Å²) in [6, 6.07) is 0. The smallest absolute Gasteiger partial charge is 0.128 e. The zero-order valence-electron chi connectivity index (χ0n) is 10.3. The Kier molecular flexibility index (Phi) is 3.91. The topological polar surface area (TPSA) is 37.3 Å². The van der Waals surface area contributed by atoms with Gasteiger partial charge in [-0.15, -0.1) is 0 Å². The highest BCUT2D eigenvalue weighted by atomic mass is 16.3. The summed E-state index contributed by atoms with van der Waals surface area (Å²) in [7, 11) is 0. The van der Waals surface area contributed by atoms with Crippen LogP contribution in [-0.2, 0) is 4.79 Å². The lowest BCUT2D eigenvalue weighted by molar-refractivity contribution is -0.136. The lowest BCUT2D eigenvalue weighted by Crippen LogP contribution is -2.46. The quantitative estimate of drug-likeness (QED) is 0.708. The zero-order chi connectivity index (χ0) is 11.6. The van der Waals surface area contributed by atoms with Crippen molar-refractivity contribution < 1.29 is 9.90 Å². The van der Waals surface area contributed by atoms with Crippen LogP contribution < -0.4 is 0 Å². The highest BCUT2D eigenvalue weighted by molar-refractivity contribution is 5.61. The molecule has 2 nitrogen and oxygen atoms in total. The van der Waals surface area contributed by atoms with Crippen molar-refractivity contribution in [1.82, 2.24) is 0 Å². The van der Waals surface area contributed by atoms with E-state index in [2.05, 4.69) is 20.8 Å². The summed E-state index contributed by atoms with van der Waals surface area (Å²) in [5.74, 6) is 0. The van der Waals surface area contributed by atoms with Crippen LogP contribution in [0, 0.1) is 10.8 Å². The molecule has 0 saturated heterocycles. The predicted octanol–water partition coefficient (Wildman–Crippen LogP) is 2.79. The van der Waals surface area contributed by atoms with Gasteiger partial charge in [0.15, 0.2) is 0 Å². The average molecular weight is 200 g/mol. The van der Waals surface area contributed by atoms with E-state index in [1.165, 1.54) is 0 Å². The predicted molar refractivity (Wildman–Crippen MR) is 59.2 cm³/mol. The molecule has 0 bridgehead atoms. The van der Waals surface area contributed by atoms with Crippen molar-refractivity contribution in [2.24, 2.45) is 10.8 Å². The summed E-state index contributed by atoms with van der Waals surface area (Å²) in [4.78, 5) is 11.2. The Bertz CT molecular complexity index is 201. The Morgan fingerprint density at radius 3 is 1.79 bits per heavy atom. The van der Waals surface area contributed by atoms with Gasteiger partial charge in [0.2, 0.25) is 0 Å². The van der Waals surface area contributed by atoms with E-state index in [-0.39, 0.29) is 5.41 Å². The number of carbonyl (C=O) groups is 1. The van der Waals surface area contributed by atoms with E-state index < -0.39 is 11.0 Å². The summed E-state index contributed by atoms with van der Waals surface area (Å²) >= 11 is 0. The standard InChI is InChI=1S/C12H24O2/c1-7-12(6,14)11(5,9-13)8-10(2,3)4/h9,14H,7-8H2,1-6H3. The third-order valence-corrected chi connectivity index (χ3v) is 3.08. The molecule has 2 heteroatoms. The lowest BCUT2D eigenvalue weighted by atomic mass is 9.66. The van der Waals surface area contributed by atoms with Crippen LogP contribution in [0.1, 0.15) is 54.4 Å². The lowest BCUT2D eigenvalue weighted by Gasteiger charge is -2.41. The molecule has 0 amide bonds. The molecule has 0 aromatic heterocycles. The molecule has 2 atom stereocenters. The third-order valence-electron chi connectivity index (χ3n) is 3.08. The number of aliphatic hydroxyl groups is 1. The van der Waals surface area contributed by atoms with Crippen molar-refractivity contribution in [2.45, 2.75) is 60.0 Å². The number of carbonyl (C=O) groups excluding carboxylic acids is 1. The Morgan fingerprint density at radius 2 is 1.57 bits per heavy atom. The Hall–Kier alpha value is -0.370. The molecule has 84 valence electrons. The maximum absolute atomic E-state index is 11.2. The summed E-state index contributed by atoms with van der Waals surface area (Å²) in [5.41, 5.74) is -1.52. The monoisotopic (exact) mass is 200 g/mol. The summed E-state index contributed by atoms with van der Waals surface area (Å²) < 4.78 is 0. The molecule has 0 aliphatic carbocycles. The molecule has 0 heterocycles. The molecule has 0 aromatic rings. The van der Waals surface area contributed by atoms with E-state index >= 15 is 0 Å². The summed E-state index contributed by atoms with van der Waals surface area (Å²) in [6.45, 7) is 11.7. The van der Waals surface area contributed by atoms with Crippen LogP contribution in [0.3, 0.4) is 0 Å². The van der Waals surface area contributed by atoms with Crippen molar-refractivity contribution in [3.63, 3.8) is 0 Å². The first kappa shape index (κ1) is 13.6. The first-order valence-electron chi connectivity index (χ1n) is 5.27. The van der Waals surface area contributed by atoms with Gasteiger partial charge < -0.3 is 9.90 Å². The van der Waals surface area contributed by atoms with E-state index in [4.69, 9.17) is 0 Å². The third kappa shape index (κ3) is 3.09. The first-order chi connectivity index (χ1) is 6.08. The van der Waals surface area contributed by atoms with Gasteiger partial charge in [0.05, 0.1) is 11.0 Å². The number of hydrogen-bond acceptors (Lipinski definition) is 2. The van der Waals surface area contributed by atoms with Crippen molar-refractivity contribution in [3.8, 4) is 0 Å². The fourth-order valence-electron chi connectivity index (χ4n) is 1.86. The first-order valence-corrected chi connectivity index (χ1v) is 5.27.